The third-order valence-corrected chi connectivity index (χ3v) is 5.43. The standard InChI is InChI=1S/C21H19NO4S/c23-18-10-6-16(7-11-18)21(17-8-12-19(24)13-9-17)14-15-22-27(25,26)20-4-2-1-3-5-20/h1-14,22-24H,15H2. The van der Waals surface area contributed by atoms with Crippen LogP contribution in [-0.2, 0) is 10.0 Å². The molecule has 0 aliphatic carbocycles. The highest BCUT2D eigenvalue weighted by atomic mass is 32.2. The van der Waals surface area contributed by atoms with Crippen LogP contribution in [0.15, 0.2) is 89.8 Å². The molecule has 0 atom stereocenters. The Balaban J connectivity index is 1.88. The van der Waals surface area contributed by atoms with Gasteiger partial charge in [0.1, 0.15) is 11.5 Å². The van der Waals surface area contributed by atoms with Crippen molar-refractivity contribution in [2.45, 2.75) is 4.90 Å². The largest absolute Gasteiger partial charge is 0.508 e. The van der Waals surface area contributed by atoms with Gasteiger partial charge in [0.25, 0.3) is 0 Å². The van der Waals surface area contributed by atoms with Gasteiger partial charge in [0.05, 0.1) is 4.90 Å². The van der Waals surface area contributed by atoms with Crippen molar-refractivity contribution in [3.05, 3.63) is 96.1 Å². The third-order valence-electron chi connectivity index (χ3n) is 3.99. The molecular formula is C21H19NO4S. The van der Waals surface area contributed by atoms with Crippen molar-refractivity contribution in [1.29, 1.82) is 0 Å². The lowest BCUT2D eigenvalue weighted by atomic mass is 9.97. The van der Waals surface area contributed by atoms with Crippen LogP contribution in [0.1, 0.15) is 11.1 Å². The summed E-state index contributed by atoms with van der Waals surface area (Å²) in [6.07, 6.45) is 1.76. The number of hydrogen-bond acceptors (Lipinski definition) is 4. The van der Waals surface area contributed by atoms with E-state index in [0.717, 1.165) is 16.7 Å². The van der Waals surface area contributed by atoms with Gasteiger partial charge in [-0.15, -0.1) is 0 Å². The number of benzene rings is 3. The van der Waals surface area contributed by atoms with Gasteiger partial charge >= 0.3 is 0 Å². The Bertz CT molecular complexity index is 978. The van der Waals surface area contributed by atoms with Gasteiger partial charge in [-0.3, -0.25) is 0 Å². The molecule has 0 bridgehead atoms. The van der Waals surface area contributed by atoms with E-state index in [0.29, 0.717) is 0 Å². The van der Waals surface area contributed by atoms with Crippen LogP contribution in [-0.4, -0.2) is 25.2 Å². The Morgan fingerprint density at radius 2 is 1.26 bits per heavy atom. The molecule has 0 spiro atoms. The van der Waals surface area contributed by atoms with E-state index in [-0.39, 0.29) is 22.9 Å². The van der Waals surface area contributed by atoms with Crippen molar-refractivity contribution in [2.24, 2.45) is 0 Å². The van der Waals surface area contributed by atoms with Crippen LogP contribution in [0.5, 0.6) is 11.5 Å². The topological polar surface area (TPSA) is 86.6 Å². The fourth-order valence-electron chi connectivity index (χ4n) is 2.62. The summed E-state index contributed by atoms with van der Waals surface area (Å²) in [7, 11) is -3.61. The fraction of sp³-hybridized carbons (Fsp3) is 0.0476. The van der Waals surface area contributed by atoms with E-state index in [1.54, 1.807) is 72.8 Å². The minimum atomic E-state index is -3.61. The molecule has 3 aromatic carbocycles. The Kier molecular flexibility index (Phi) is 5.59. The molecule has 0 fully saturated rings. The van der Waals surface area contributed by atoms with E-state index in [2.05, 4.69) is 4.72 Å². The van der Waals surface area contributed by atoms with Gasteiger partial charge < -0.3 is 10.2 Å². The highest BCUT2D eigenvalue weighted by Gasteiger charge is 2.12. The second-order valence-corrected chi connectivity index (χ2v) is 7.64. The number of rotatable bonds is 6. The first-order chi connectivity index (χ1) is 13.0. The van der Waals surface area contributed by atoms with Crippen molar-refractivity contribution >= 4 is 15.6 Å². The first-order valence-electron chi connectivity index (χ1n) is 8.29. The van der Waals surface area contributed by atoms with Crippen molar-refractivity contribution in [3.8, 4) is 11.5 Å². The zero-order valence-electron chi connectivity index (χ0n) is 14.4. The minimum Gasteiger partial charge on any atom is -0.508 e. The fourth-order valence-corrected chi connectivity index (χ4v) is 3.61. The van der Waals surface area contributed by atoms with Gasteiger partial charge in [-0.2, -0.15) is 0 Å². The van der Waals surface area contributed by atoms with Crippen LogP contribution in [0, 0.1) is 0 Å². The second-order valence-electron chi connectivity index (χ2n) is 5.88. The average molecular weight is 381 g/mol. The molecule has 138 valence electrons. The molecule has 27 heavy (non-hydrogen) atoms. The maximum absolute atomic E-state index is 12.4. The number of phenols is 2. The quantitative estimate of drug-likeness (QED) is 0.610. The van der Waals surface area contributed by atoms with E-state index >= 15 is 0 Å². The molecule has 0 heterocycles. The van der Waals surface area contributed by atoms with Crippen LogP contribution < -0.4 is 4.72 Å². The summed E-state index contributed by atoms with van der Waals surface area (Å²) in [5.74, 6) is 0.294. The van der Waals surface area contributed by atoms with E-state index < -0.39 is 10.0 Å². The lowest BCUT2D eigenvalue weighted by Crippen LogP contribution is -2.23. The van der Waals surface area contributed by atoms with Crippen LogP contribution in [0.2, 0.25) is 0 Å². The molecule has 0 saturated carbocycles. The molecule has 3 aromatic rings. The zero-order valence-corrected chi connectivity index (χ0v) is 15.2. The highest BCUT2D eigenvalue weighted by Crippen LogP contribution is 2.26. The minimum absolute atomic E-state index is 0.0916. The zero-order chi connectivity index (χ0) is 19.3. The molecule has 3 rings (SSSR count). The predicted molar refractivity (Wildman–Crippen MR) is 105 cm³/mol. The van der Waals surface area contributed by atoms with E-state index in [1.165, 1.54) is 12.1 Å². The summed E-state index contributed by atoms with van der Waals surface area (Å²) >= 11 is 0. The van der Waals surface area contributed by atoms with Gasteiger partial charge in [-0.1, -0.05) is 48.5 Å². The normalized spacial score (nSPS) is 11.1. The van der Waals surface area contributed by atoms with Gasteiger partial charge in [-0.05, 0) is 53.1 Å². The monoisotopic (exact) mass is 381 g/mol. The first kappa shape index (κ1) is 18.7. The summed E-state index contributed by atoms with van der Waals surface area (Å²) in [5.41, 5.74) is 2.42. The summed E-state index contributed by atoms with van der Waals surface area (Å²) in [5, 5.41) is 19.0. The molecule has 5 nitrogen and oxygen atoms in total. The number of sulfonamides is 1. The lowest BCUT2D eigenvalue weighted by Gasteiger charge is -2.10. The number of hydrogen-bond donors (Lipinski definition) is 3. The molecule has 0 aliphatic rings. The Labute approximate surface area is 158 Å². The van der Waals surface area contributed by atoms with E-state index in [9.17, 15) is 18.6 Å². The van der Waals surface area contributed by atoms with Crippen molar-refractivity contribution in [2.75, 3.05) is 6.54 Å². The Morgan fingerprint density at radius 1 is 0.778 bits per heavy atom. The Morgan fingerprint density at radius 3 is 1.74 bits per heavy atom. The van der Waals surface area contributed by atoms with Gasteiger partial charge in [0.15, 0.2) is 0 Å². The molecule has 0 amide bonds. The van der Waals surface area contributed by atoms with Crippen molar-refractivity contribution in [3.63, 3.8) is 0 Å². The van der Waals surface area contributed by atoms with Gasteiger partial charge in [-0.25, -0.2) is 13.1 Å². The summed E-state index contributed by atoms with van der Waals surface area (Å²) in [6, 6.07) is 21.4. The van der Waals surface area contributed by atoms with E-state index in [4.69, 9.17) is 0 Å². The number of phenolic OH excluding ortho intramolecular Hbond substituents is 2. The van der Waals surface area contributed by atoms with Crippen LogP contribution in [0.4, 0.5) is 0 Å². The van der Waals surface area contributed by atoms with Crippen LogP contribution in [0.3, 0.4) is 0 Å². The maximum atomic E-state index is 12.4. The van der Waals surface area contributed by atoms with Gasteiger partial charge in [0, 0.05) is 6.54 Å². The van der Waals surface area contributed by atoms with Crippen LogP contribution >= 0.6 is 0 Å². The summed E-state index contributed by atoms with van der Waals surface area (Å²) in [4.78, 5) is 0.203. The predicted octanol–water partition coefficient (Wildman–Crippen LogP) is 3.51. The highest BCUT2D eigenvalue weighted by molar-refractivity contribution is 7.89. The van der Waals surface area contributed by atoms with Crippen molar-refractivity contribution < 1.29 is 18.6 Å². The molecule has 0 unspecified atom stereocenters. The molecular weight excluding hydrogens is 362 g/mol. The Hall–Kier alpha value is -3.09. The molecule has 0 saturated heterocycles. The van der Waals surface area contributed by atoms with E-state index in [1.807, 2.05) is 0 Å². The smallest absolute Gasteiger partial charge is 0.240 e. The summed E-state index contributed by atoms with van der Waals surface area (Å²) < 4.78 is 27.3. The molecule has 3 N–H and O–H groups in total. The molecule has 0 aliphatic heterocycles. The molecule has 0 radical (unpaired) electrons. The number of nitrogens with one attached hydrogen (secondary N) is 1. The van der Waals surface area contributed by atoms with Crippen molar-refractivity contribution in [1.82, 2.24) is 4.72 Å². The number of aromatic hydroxyl groups is 2. The average Bonchev–Trinajstić information content (AvgIpc) is 2.68. The molecule has 6 heteroatoms. The summed E-state index contributed by atoms with van der Waals surface area (Å²) in [6.45, 7) is 0.0916. The lowest BCUT2D eigenvalue weighted by molar-refractivity contribution is 0.475. The van der Waals surface area contributed by atoms with Crippen LogP contribution in [0.25, 0.3) is 5.57 Å². The second kappa shape index (κ2) is 8.07. The molecule has 0 aromatic heterocycles. The maximum Gasteiger partial charge on any atom is 0.240 e. The third kappa shape index (κ3) is 4.75. The SMILES string of the molecule is O=S(=O)(NCC=C(c1ccc(O)cc1)c1ccc(O)cc1)c1ccccc1. The van der Waals surface area contributed by atoms with Gasteiger partial charge in [0.2, 0.25) is 10.0 Å². The first-order valence-corrected chi connectivity index (χ1v) is 9.78.